The number of benzene rings is 1. The van der Waals surface area contributed by atoms with E-state index in [0.29, 0.717) is 16.9 Å². The first-order valence-electron chi connectivity index (χ1n) is 6.51. The van der Waals surface area contributed by atoms with Crippen LogP contribution in [0.5, 0.6) is 0 Å². The highest BCUT2D eigenvalue weighted by atomic mass is 32.2. The lowest BCUT2D eigenvalue weighted by molar-refractivity contribution is 0.602. The Hall–Kier alpha value is -1.80. The summed E-state index contributed by atoms with van der Waals surface area (Å²) < 4.78 is 27.6. The smallest absolute Gasteiger partial charge is 0.177 e. The van der Waals surface area contributed by atoms with Crippen molar-refractivity contribution < 1.29 is 8.42 Å². The molecular formula is C13H14N4O2S2. The van der Waals surface area contributed by atoms with E-state index in [4.69, 9.17) is 0 Å². The normalized spacial score (nSPS) is 12.1. The Labute approximate surface area is 126 Å². The van der Waals surface area contributed by atoms with Crippen LogP contribution in [0, 0.1) is 0 Å². The number of aromatic nitrogens is 4. The molecular weight excluding hydrogens is 308 g/mol. The summed E-state index contributed by atoms with van der Waals surface area (Å²) in [6.07, 6.45) is 2.97. The number of H-pyrrole nitrogens is 1. The molecule has 0 aliphatic carbocycles. The highest BCUT2D eigenvalue weighted by Crippen LogP contribution is 2.29. The average Bonchev–Trinajstić information content (AvgIpc) is 3.02. The first-order chi connectivity index (χ1) is 10.0. The standard InChI is InChI=1S/C13H14N4O2S2/c1-3-5-9-12(20-17-16-9)13-14-8-6-4-7-10(11(8)15-13)21(2,18)19/h4,6-7H,3,5H2,1-2H3,(H,14,15). The van der Waals surface area contributed by atoms with Gasteiger partial charge in [-0.1, -0.05) is 23.9 Å². The van der Waals surface area contributed by atoms with Crippen molar-refractivity contribution in [1.29, 1.82) is 0 Å². The highest BCUT2D eigenvalue weighted by molar-refractivity contribution is 7.91. The zero-order valence-electron chi connectivity index (χ0n) is 11.6. The summed E-state index contributed by atoms with van der Waals surface area (Å²) in [5.74, 6) is 0.625. The second kappa shape index (κ2) is 5.19. The van der Waals surface area contributed by atoms with Crippen molar-refractivity contribution in [2.45, 2.75) is 24.7 Å². The molecule has 0 radical (unpaired) electrons. The van der Waals surface area contributed by atoms with Crippen LogP contribution in [-0.4, -0.2) is 34.2 Å². The Balaban J connectivity index is 2.20. The maximum atomic E-state index is 11.8. The van der Waals surface area contributed by atoms with E-state index in [2.05, 4.69) is 26.5 Å². The Bertz CT molecular complexity index is 896. The number of rotatable bonds is 4. The third kappa shape index (κ3) is 2.56. The van der Waals surface area contributed by atoms with E-state index in [1.54, 1.807) is 12.1 Å². The lowest BCUT2D eigenvalue weighted by Gasteiger charge is -1.97. The van der Waals surface area contributed by atoms with Gasteiger partial charge in [0.1, 0.15) is 10.4 Å². The maximum Gasteiger partial charge on any atom is 0.177 e. The summed E-state index contributed by atoms with van der Waals surface area (Å²) in [4.78, 5) is 8.73. The predicted octanol–water partition coefficient (Wildman–Crippen LogP) is 2.44. The van der Waals surface area contributed by atoms with E-state index in [1.807, 2.05) is 6.07 Å². The van der Waals surface area contributed by atoms with Gasteiger partial charge in [-0.05, 0) is 30.1 Å². The molecule has 0 saturated carbocycles. The van der Waals surface area contributed by atoms with E-state index in [0.717, 1.165) is 23.4 Å². The number of nitrogens with zero attached hydrogens (tertiary/aromatic N) is 3. The van der Waals surface area contributed by atoms with Gasteiger partial charge in [0, 0.05) is 6.26 Å². The van der Waals surface area contributed by atoms with E-state index in [-0.39, 0.29) is 4.90 Å². The van der Waals surface area contributed by atoms with Gasteiger partial charge in [0.15, 0.2) is 15.7 Å². The molecule has 110 valence electrons. The first kappa shape index (κ1) is 14.2. The number of imidazole rings is 1. The van der Waals surface area contributed by atoms with Gasteiger partial charge in [-0.2, -0.15) is 0 Å². The molecule has 0 aliphatic heterocycles. The first-order valence-corrected chi connectivity index (χ1v) is 9.17. The summed E-state index contributed by atoms with van der Waals surface area (Å²) >= 11 is 1.27. The molecule has 0 atom stereocenters. The van der Waals surface area contributed by atoms with E-state index in [1.165, 1.54) is 17.8 Å². The summed E-state index contributed by atoms with van der Waals surface area (Å²) in [5.41, 5.74) is 2.05. The van der Waals surface area contributed by atoms with E-state index < -0.39 is 9.84 Å². The number of hydrogen-bond acceptors (Lipinski definition) is 6. The van der Waals surface area contributed by atoms with Crippen LogP contribution in [0.15, 0.2) is 23.1 Å². The minimum absolute atomic E-state index is 0.233. The fourth-order valence-electron chi connectivity index (χ4n) is 2.20. The van der Waals surface area contributed by atoms with Crippen LogP contribution >= 0.6 is 11.5 Å². The average molecular weight is 322 g/mol. The van der Waals surface area contributed by atoms with Crippen LogP contribution < -0.4 is 0 Å². The largest absolute Gasteiger partial charge is 0.337 e. The molecule has 2 heterocycles. The Morgan fingerprint density at radius 3 is 2.86 bits per heavy atom. The molecule has 0 amide bonds. The second-order valence-corrected chi connectivity index (χ2v) is 7.55. The van der Waals surface area contributed by atoms with Crippen LogP contribution in [0.2, 0.25) is 0 Å². The molecule has 0 spiro atoms. The Morgan fingerprint density at radius 2 is 2.14 bits per heavy atom. The van der Waals surface area contributed by atoms with Gasteiger partial charge in [-0.15, -0.1) is 5.10 Å². The molecule has 21 heavy (non-hydrogen) atoms. The van der Waals surface area contributed by atoms with Gasteiger partial charge in [-0.3, -0.25) is 0 Å². The summed E-state index contributed by atoms with van der Waals surface area (Å²) in [6, 6.07) is 5.09. The minimum Gasteiger partial charge on any atom is -0.337 e. The highest BCUT2D eigenvalue weighted by Gasteiger charge is 2.18. The molecule has 2 aromatic heterocycles. The van der Waals surface area contributed by atoms with Gasteiger partial charge in [-0.25, -0.2) is 13.4 Å². The van der Waals surface area contributed by atoms with E-state index >= 15 is 0 Å². The fourth-order valence-corrected chi connectivity index (χ4v) is 3.69. The van der Waals surface area contributed by atoms with Gasteiger partial charge in [0.2, 0.25) is 0 Å². The summed E-state index contributed by atoms with van der Waals surface area (Å²) in [6.45, 7) is 2.07. The van der Waals surface area contributed by atoms with Crippen LogP contribution in [-0.2, 0) is 16.3 Å². The SMILES string of the molecule is CCCc1nnsc1-c1nc2c(S(C)(=O)=O)cccc2[nH]1. The van der Waals surface area contributed by atoms with Crippen molar-refractivity contribution in [3.63, 3.8) is 0 Å². The minimum atomic E-state index is -3.32. The molecule has 0 fully saturated rings. The van der Waals surface area contributed by atoms with Crippen LogP contribution in [0.25, 0.3) is 21.7 Å². The van der Waals surface area contributed by atoms with Gasteiger partial charge in [0.05, 0.1) is 16.1 Å². The number of aryl methyl sites for hydroxylation is 1. The van der Waals surface area contributed by atoms with Crippen molar-refractivity contribution in [3.05, 3.63) is 23.9 Å². The van der Waals surface area contributed by atoms with E-state index in [9.17, 15) is 8.42 Å². The lowest BCUT2D eigenvalue weighted by Crippen LogP contribution is -1.97. The number of fused-ring (bicyclic) bond motifs is 1. The lowest BCUT2D eigenvalue weighted by atomic mass is 10.2. The molecule has 0 aliphatic rings. The third-order valence-electron chi connectivity index (χ3n) is 3.13. The molecule has 3 aromatic rings. The fraction of sp³-hybridized carbons (Fsp3) is 0.308. The summed E-state index contributed by atoms with van der Waals surface area (Å²) in [7, 11) is -3.32. The van der Waals surface area contributed by atoms with Crippen molar-refractivity contribution in [3.8, 4) is 10.7 Å². The molecule has 0 bridgehead atoms. The molecule has 0 saturated heterocycles. The van der Waals surface area contributed by atoms with Crippen LogP contribution in [0.1, 0.15) is 19.0 Å². The molecule has 1 N–H and O–H groups in total. The van der Waals surface area contributed by atoms with Crippen molar-refractivity contribution in [2.75, 3.05) is 6.26 Å². The number of nitrogens with one attached hydrogen (secondary N) is 1. The van der Waals surface area contributed by atoms with Crippen molar-refractivity contribution in [2.24, 2.45) is 0 Å². The summed E-state index contributed by atoms with van der Waals surface area (Å²) in [5, 5.41) is 4.11. The molecule has 0 unspecified atom stereocenters. The zero-order chi connectivity index (χ0) is 15.0. The van der Waals surface area contributed by atoms with Crippen molar-refractivity contribution in [1.82, 2.24) is 19.6 Å². The number of sulfone groups is 1. The number of aromatic amines is 1. The monoisotopic (exact) mass is 322 g/mol. The van der Waals surface area contributed by atoms with Crippen LogP contribution in [0.3, 0.4) is 0 Å². The number of para-hydroxylation sites is 1. The topological polar surface area (TPSA) is 88.6 Å². The molecule has 1 aromatic carbocycles. The number of hydrogen-bond donors (Lipinski definition) is 1. The Kier molecular flexibility index (Phi) is 3.50. The quantitative estimate of drug-likeness (QED) is 0.797. The second-order valence-electron chi connectivity index (χ2n) is 4.81. The van der Waals surface area contributed by atoms with Crippen molar-refractivity contribution >= 4 is 32.4 Å². The Morgan fingerprint density at radius 1 is 1.33 bits per heavy atom. The molecule has 3 rings (SSSR count). The van der Waals surface area contributed by atoms with Gasteiger partial charge >= 0.3 is 0 Å². The zero-order valence-corrected chi connectivity index (χ0v) is 13.3. The molecule has 8 heteroatoms. The molecule has 6 nitrogen and oxygen atoms in total. The maximum absolute atomic E-state index is 11.8. The van der Waals surface area contributed by atoms with Gasteiger partial charge in [0.25, 0.3) is 0 Å². The third-order valence-corrected chi connectivity index (χ3v) is 5.04. The predicted molar refractivity (Wildman–Crippen MR) is 82.1 cm³/mol. The van der Waals surface area contributed by atoms with Crippen LogP contribution in [0.4, 0.5) is 0 Å². The van der Waals surface area contributed by atoms with Gasteiger partial charge < -0.3 is 4.98 Å².